The van der Waals surface area contributed by atoms with Crippen molar-refractivity contribution in [1.82, 2.24) is 14.5 Å². The van der Waals surface area contributed by atoms with Crippen LogP contribution in [0.1, 0.15) is 17.9 Å². The summed E-state index contributed by atoms with van der Waals surface area (Å²) in [5.74, 6) is 0.210. The van der Waals surface area contributed by atoms with E-state index in [1.807, 2.05) is 18.3 Å². The summed E-state index contributed by atoms with van der Waals surface area (Å²) in [6.45, 7) is 0. The lowest BCUT2D eigenvalue weighted by Crippen LogP contribution is -2.25. The van der Waals surface area contributed by atoms with E-state index < -0.39 is 0 Å². The molecule has 12 rings (SSSR count). The predicted molar refractivity (Wildman–Crippen MR) is 232 cm³/mol. The normalized spacial score (nSPS) is 14.0. The van der Waals surface area contributed by atoms with Crippen molar-refractivity contribution in [2.45, 2.75) is 12.3 Å². The minimum absolute atomic E-state index is 0.210. The maximum absolute atomic E-state index is 6.38. The molecule has 0 saturated carbocycles. The fourth-order valence-corrected chi connectivity index (χ4v) is 8.88. The van der Waals surface area contributed by atoms with Gasteiger partial charge in [0.15, 0.2) is 5.58 Å². The van der Waals surface area contributed by atoms with Gasteiger partial charge in [-0.25, -0.2) is 4.98 Å². The second kappa shape index (κ2) is 12.5. The summed E-state index contributed by atoms with van der Waals surface area (Å²) in [5.41, 5.74) is 14.7. The van der Waals surface area contributed by atoms with E-state index in [1.165, 1.54) is 38.5 Å². The molecule has 5 heterocycles. The molecule has 1 atom stereocenters. The lowest BCUT2D eigenvalue weighted by molar-refractivity contribution is 0.569. The Bertz CT molecular complexity index is 3480. The molecule has 268 valence electrons. The summed E-state index contributed by atoms with van der Waals surface area (Å²) in [7, 11) is 0. The third-order valence-corrected chi connectivity index (χ3v) is 11.6. The van der Waals surface area contributed by atoms with Crippen molar-refractivity contribution in [3.63, 3.8) is 0 Å². The summed E-state index contributed by atoms with van der Waals surface area (Å²) < 4.78 is 14.7. The zero-order chi connectivity index (χ0) is 37.5. The Balaban J connectivity index is 0.890. The molecule has 5 nitrogen and oxygen atoms in total. The van der Waals surface area contributed by atoms with Crippen LogP contribution in [0, 0.1) is 0 Å². The van der Waals surface area contributed by atoms with Crippen LogP contribution in [0.2, 0.25) is 0 Å². The summed E-state index contributed by atoms with van der Waals surface area (Å²) >= 11 is 0. The van der Waals surface area contributed by atoms with Crippen molar-refractivity contribution in [2.24, 2.45) is 0 Å². The van der Waals surface area contributed by atoms with Crippen molar-refractivity contribution in [1.29, 1.82) is 0 Å². The molecule has 0 saturated heterocycles. The quantitative estimate of drug-likeness (QED) is 0.177. The maximum Gasteiger partial charge on any atom is 0.227 e. The van der Waals surface area contributed by atoms with Gasteiger partial charge in [-0.15, -0.1) is 0 Å². The first-order valence-electron chi connectivity index (χ1n) is 19.4. The molecule has 6 aromatic carbocycles. The Kier molecular flexibility index (Phi) is 6.99. The molecule has 0 amide bonds. The van der Waals surface area contributed by atoms with Crippen LogP contribution in [-0.2, 0) is 0 Å². The van der Waals surface area contributed by atoms with E-state index in [4.69, 9.17) is 13.8 Å². The number of hydrogen-bond donors (Lipinski definition) is 0. The van der Waals surface area contributed by atoms with Crippen molar-refractivity contribution < 1.29 is 8.83 Å². The highest BCUT2D eigenvalue weighted by Crippen LogP contribution is 2.36. The summed E-state index contributed by atoms with van der Waals surface area (Å²) in [4.78, 5) is 9.31. The van der Waals surface area contributed by atoms with Crippen LogP contribution >= 0.6 is 0 Å². The van der Waals surface area contributed by atoms with E-state index in [0.717, 1.165) is 72.5 Å². The number of furan rings is 2. The molecule has 0 radical (unpaired) electrons. The van der Waals surface area contributed by atoms with E-state index in [-0.39, 0.29) is 5.92 Å². The number of benzene rings is 6. The van der Waals surface area contributed by atoms with Crippen LogP contribution in [0.5, 0.6) is 0 Å². The Labute approximate surface area is 327 Å². The van der Waals surface area contributed by atoms with E-state index in [9.17, 15) is 0 Å². The summed E-state index contributed by atoms with van der Waals surface area (Å²) in [6, 6.07) is 56.3. The second-order valence-electron chi connectivity index (χ2n) is 15.0. The average Bonchev–Trinajstić information content (AvgIpc) is 3.95. The number of pyridine rings is 2. The van der Waals surface area contributed by atoms with Crippen LogP contribution in [-0.4, -0.2) is 14.5 Å². The number of fused-ring (bicyclic) bond motifs is 9. The van der Waals surface area contributed by atoms with Gasteiger partial charge in [-0.2, -0.15) is 0 Å². The lowest BCUT2D eigenvalue weighted by atomic mass is 9.89. The molecular formula is C52H33N3O2. The molecule has 5 heteroatoms. The average molecular weight is 732 g/mol. The van der Waals surface area contributed by atoms with Gasteiger partial charge in [-0.3, -0.25) is 4.98 Å². The molecule has 0 aliphatic heterocycles. The van der Waals surface area contributed by atoms with E-state index in [0.29, 0.717) is 5.71 Å². The fourth-order valence-electron chi connectivity index (χ4n) is 8.88. The largest absolute Gasteiger partial charge is 0.455 e. The third-order valence-electron chi connectivity index (χ3n) is 11.6. The molecule has 1 aliphatic carbocycles. The van der Waals surface area contributed by atoms with Gasteiger partial charge in [0.05, 0.1) is 22.9 Å². The first kappa shape index (κ1) is 31.8. The highest BCUT2D eigenvalue weighted by molar-refractivity contribution is 6.09. The van der Waals surface area contributed by atoms with Gasteiger partial charge in [-0.05, 0) is 101 Å². The standard InChI is InChI=1S/C52H33N3O2/c1-3-18-47-40(15-1)41-16-2-4-19-48(41)55(47)39-14-7-13-38(27-39)46-30-45-44-29-37(20-22-49(44)56-51(45)31-54-46)35-12-6-10-33(26-35)32-9-5-11-34(25-32)36-21-23-50-43(28-36)42-17-8-24-53-52(42)57-50/h1-19,21-31,37H,20H2. The van der Waals surface area contributed by atoms with Gasteiger partial charge in [-0.1, -0.05) is 103 Å². The van der Waals surface area contributed by atoms with Gasteiger partial charge < -0.3 is 13.4 Å². The highest BCUT2D eigenvalue weighted by Gasteiger charge is 2.18. The Morgan fingerprint density at radius 1 is 0.509 bits per heavy atom. The SMILES string of the molecule is C1=c2oc3cnc(-c4cccc(-n5c6ccccc6c6ccccc65)c4)cc3c2=CC(c2cccc(-c3cccc(-c4ccc5oc6ncccc6c5c4)c3)c2)C1. The molecule has 5 aromatic heterocycles. The zero-order valence-electron chi connectivity index (χ0n) is 30.8. The minimum Gasteiger partial charge on any atom is -0.455 e. The van der Waals surface area contributed by atoms with Crippen LogP contribution in [0.4, 0.5) is 0 Å². The molecule has 1 aliphatic rings. The van der Waals surface area contributed by atoms with Crippen LogP contribution < -0.4 is 10.6 Å². The third kappa shape index (κ3) is 5.16. The molecule has 0 N–H and O–H groups in total. The van der Waals surface area contributed by atoms with Crippen LogP contribution in [0.25, 0.3) is 106 Å². The predicted octanol–water partition coefficient (Wildman–Crippen LogP) is 12.0. The fraction of sp³-hybridized carbons (Fsp3) is 0.0385. The van der Waals surface area contributed by atoms with Gasteiger partial charge in [0, 0.05) is 55.5 Å². The minimum atomic E-state index is 0.210. The monoisotopic (exact) mass is 731 g/mol. The number of rotatable bonds is 5. The highest BCUT2D eigenvalue weighted by atomic mass is 16.3. The van der Waals surface area contributed by atoms with Crippen molar-refractivity contribution in [2.75, 3.05) is 0 Å². The van der Waals surface area contributed by atoms with E-state index >= 15 is 0 Å². The Morgan fingerprint density at radius 2 is 1.23 bits per heavy atom. The summed E-state index contributed by atoms with van der Waals surface area (Å²) in [6.07, 6.45) is 9.13. The topological polar surface area (TPSA) is 57.0 Å². The first-order valence-corrected chi connectivity index (χ1v) is 19.4. The summed E-state index contributed by atoms with van der Waals surface area (Å²) in [5, 5.41) is 6.82. The second-order valence-corrected chi connectivity index (χ2v) is 15.0. The molecule has 0 fully saturated rings. The molecule has 0 bridgehead atoms. The number of aromatic nitrogens is 3. The van der Waals surface area contributed by atoms with Gasteiger partial charge in [0.2, 0.25) is 5.71 Å². The Morgan fingerprint density at radius 3 is 2.07 bits per heavy atom. The van der Waals surface area contributed by atoms with Crippen LogP contribution in [0.3, 0.4) is 0 Å². The number of nitrogens with zero attached hydrogens (tertiary/aromatic N) is 3. The number of hydrogen-bond acceptors (Lipinski definition) is 4. The smallest absolute Gasteiger partial charge is 0.227 e. The number of para-hydroxylation sites is 2. The maximum atomic E-state index is 6.38. The van der Waals surface area contributed by atoms with Crippen molar-refractivity contribution in [3.05, 3.63) is 186 Å². The van der Waals surface area contributed by atoms with Gasteiger partial charge >= 0.3 is 0 Å². The molecule has 1 unspecified atom stereocenters. The van der Waals surface area contributed by atoms with Gasteiger partial charge in [0.25, 0.3) is 0 Å². The molecule has 11 aromatic rings. The molecule has 57 heavy (non-hydrogen) atoms. The Hall–Kier alpha value is -7.50. The van der Waals surface area contributed by atoms with Gasteiger partial charge in [0.1, 0.15) is 11.0 Å². The van der Waals surface area contributed by atoms with Crippen molar-refractivity contribution >= 4 is 67.0 Å². The van der Waals surface area contributed by atoms with E-state index in [2.05, 4.69) is 167 Å². The molecule has 0 spiro atoms. The first-order chi connectivity index (χ1) is 28.2. The zero-order valence-corrected chi connectivity index (χ0v) is 30.8. The van der Waals surface area contributed by atoms with Crippen LogP contribution in [0.15, 0.2) is 179 Å². The molecular weight excluding hydrogens is 699 g/mol. The van der Waals surface area contributed by atoms with Crippen molar-refractivity contribution in [3.8, 4) is 39.2 Å². The lowest BCUT2D eigenvalue weighted by Gasteiger charge is -2.15. The van der Waals surface area contributed by atoms with E-state index in [1.54, 1.807) is 6.20 Å².